The Kier molecular flexibility index (Phi) is 4.83. The molecule has 1 heterocycles. The normalized spacial score (nSPS) is 14.2. The Morgan fingerprint density at radius 2 is 1.10 bits per heavy atom. The van der Waals surface area contributed by atoms with Crippen LogP contribution >= 0.6 is 31.9 Å². The highest BCUT2D eigenvalue weighted by molar-refractivity contribution is 9.11. The summed E-state index contributed by atoms with van der Waals surface area (Å²) in [4.78, 5) is 2.39. The zero-order chi connectivity index (χ0) is 20.9. The molecule has 1 aliphatic heterocycles. The van der Waals surface area contributed by atoms with Crippen molar-refractivity contribution < 1.29 is 0 Å². The second kappa shape index (κ2) is 7.40. The Morgan fingerprint density at radius 1 is 0.600 bits per heavy atom. The highest BCUT2D eigenvalue weighted by Gasteiger charge is 2.36. The maximum Gasteiger partial charge on any atom is 0.0502 e. The molecule has 0 aliphatic carbocycles. The molecule has 0 amide bonds. The lowest BCUT2D eigenvalue weighted by Crippen LogP contribution is -2.30. The quantitative estimate of drug-likeness (QED) is 0.256. The number of nitrogens with zero attached hydrogens (tertiary/aromatic N) is 1. The molecule has 1 nitrogen and oxygen atoms in total. The zero-order valence-electron chi connectivity index (χ0n) is 16.9. The second-order valence-corrected chi connectivity index (χ2v) is 10.0. The molecule has 0 aromatic heterocycles. The fourth-order valence-corrected chi connectivity index (χ4v) is 5.76. The molecule has 30 heavy (non-hydrogen) atoms. The van der Waals surface area contributed by atoms with Crippen LogP contribution in [0.4, 0.5) is 17.1 Å². The van der Waals surface area contributed by atoms with Gasteiger partial charge in [-0.3, -0.25) is 0 Å². The first-order valence-electron chi connectivity index (χ1n) is 10.0. The van der Waals surface area contributed by atoms with Crippen LogP contribution in [0.1, 0.15) is 25.0 Å². The van der Waals surface area contributed by atoms with Crippen molar-refractivity contribution in [3.8, 4) is 11.1 Å². The van der Waals surface area contributed by atoms with Crippen LogP contribution in [0.5, 0.6) is 0 Å². The van der Waals surface area contributed by atoms with Crippen LogP contribution in [0.3, 0.4) is 0 Å². The Labute approximate surface area is 194 Å². The number of hydrogen-bond acceptors (Lipinski definition) is 1. The lowest BCUT2D eigenvalue weighted by Gasteiger charge is -2.42. The van der Waals surface area contributed by atoms with Crippen molar-refractivity contribution >= 4 is 48.9 Å². The first kappa shape index (κ1) is 19.6. The average molecular weight is 519 g/mol. The molecular formula is C27H21Br2N. The molecule has 4 aromatic rings. The van der Waals surface area contributed by atoms with E-state index in [9.17, 15) is 0 Å². The summed E-state index contributed by atoms with van der Waals surface area (Å²) in [6.45, 7) is 4.63. The van der Waals surface area contributed by atoms with Gasteiger partial charge in [0.15, 0.2) is 0 Å². The van der Waals surface area contributed by atoms with Gasteiger partial charge in [-0.25, -0.2) is 0 Å². The monoisotopic (exact) mass is 517 g/mol. The van der Waals surface area contributed by atoms with Gasteiger partial charge in [-0.05, 0) is 64.7 Å². The van der Waals surface area contributed by atoms with Crippen LogP contribution in [0.2, 0.25) is 0 Å². The number of rotatable bonds is 2. The van der Waals surface area contributed by atoms with Crippen molar-refractivity contribution in [2.24, 2.45) is 0 Å². The van der Waals surface area contributed by atoms with Gasteiger partial charge in [-0.2, -0.15) is 0 Å². The lowest BCUT2D eigenvalue weighted by atomic mass is 9.73. The van der Waals surface area contributed by atoms with Crippen LogP contribution in [-0.4, -0.2) is 0 Å². The molecule has 0 unspecified atom stereocenters. The fraction of sp³-hybridized carbons (Fsp3) is 0.111. The van der Waals surface area contributed by atoms with E-state index in [4.69, 9.17) is 0 Å². The van der Waals surface area contributed by atoms with Crippen molar-refractivity contribution in [2.45, 2.75) is 19.3 Å². The third-order valence-corrected chi connectivity index (χ3v) is 6.87. The Bertz CT molecular complexity index is 1170. The van der Waals surface area contributed by atoms with Crippen molar-refractivity contribution in [3.63, 3.8) is 0 Å². The lowest BCUT2D eigenvalue weighted by molar-refractivity contribution is 0.632. The molecule has 0 atom stereocenters. The number of para-hydroxylation sites is 2. The SMILES string of the molecule is CC1(C)c2ccccc2N(c2ccc(-c3cc(Br)cc(Br)c3)cc2)c2ccccc21. The van der Waals surface area contributed by atoms with E-state index in [2.05, 4.69) is 142 Å². The van der Waals surface area contributed by atoms with Gasteiger partial charge in [-0.15, -0.1) is 0 Å². The van der Waals surface area contributed by atoms with Crippen molar-refractivity contribution in [1.82, 2.24) is 0 Å². The standard InChI is InChI=1S/C27H21Br2N/c1-27(2)23-7-3-5-9-25(23)30(26-10-6-4-8-24(26)27)22-13-11-18(12-14-22)19-15-20(28)17-21(29)16-19/h3-17H,1-2H3. The van der Waals surface area contributed by atoms with Gasteiger partial charge in [0.1, 0.15) is 0 Å². The fourth-order valence-electron chi connectivity index (χ4n) is 4.47. The van der Waals surface area contributed by atoms with Gasteiger partial charge in [-0.1, -0.05) is 94.2 Å². The molecule has 0 radical (unpaired) electrons. The minimum Gasteiger partial charge on any atom is -0.310 e. The van der Waals surface area contributed by atoms with Gasteiger partial charge >= 0.3 is 0 Å². The molecule has 148 valence electrons. The summed E-state index contributed by atoms with van der Waals surface area (Å²) in [5.41, 5.74) is 8.71. The van der Waals surface area contributed by atoms with Gasteiger partial charge < -0.3 is 4.90 Å². The first-order valence-corrected chi connectivity index (χ1v) is 11.6. The van der Waals surface area contributed by atoms with E-state index in [1.807, 2.05) is 0 Å². The summed E-state index contributed by atoms with van der Waals surface area (Å²) in [5.74, 6) is 0. The second-order valence-electron chi connectivity index (χ2n) is 8.20. The van der Waals surface area contributed by atoms with E-state index >= 15 is 0 Å². The van der Waals surface area contributed by atoms with Crippen molar-refractivity contribution in [1.29, 1.82) is 0 Å². The van der Waals surface area contributed by atoms with E-state index in [0.29, 0.717) is 0 Å². The molecule has 0 fully saturated rings. The molecule has 0 N–H and O–H groups in total. The highest BCUT2D eigenvalue weighted by atomic mass is 79.9. The maximum absolute atomic E-state index is 3.60. The summed E-state index contributed by atoms with van der Waals surface area (Å²) in [7, 11) is 0. The number of benzene rings is 4. The number of hydrogen-bond donors (Lipinski definition) is 0. The number of fused-ring (bicyclic) bond motifs is 2. The third kappa shape index (κ3) is 3.21. The van der Waals surface area contributed by atoms with Gasteiger partial charge in [0.2, 0.25) is 0 Å². The first-order chi connectivity index (χ1) is 14.4. The summed E-state index contributed by atoms with van der Waals surface area (Å²) in [6.07, 6.45) is 0. The summed E-state index contributed by atoms with van der Waals surface area (Å²) < 4.78 is 2.13. The van der Waals surface area contributed by atoms with E-state index < -0.39 is 0 Å². The molecule has 0 bridgehead atoms. The molecule has 0 spiro atoms. The van der Waals surface area contributed by atoms with Crippen LogP contribution in [0.15, 0.2) is 99.9 Å². The van der Waals surface area contributed by atoms with E-state index in [1.165, 1.54) is 39.3 Å². The number of anilines is 3. The van der Waals surface area contributed by atoms with Crippen LogP contribution in [-0.2, 0) is 5.41 Å². The third-order valence-electron chi connectivity index (χ3n) is 5.96. The molecule has 5 rings (SSSR count). The minimum absolute atomic E-state index is 0.0355. The predicted octanol–water partition coefficient (Wildman–Crippen LogP) is 8.99. The topological polar surface area (TPSA) is 3.24 Å². The van der Waals surface area contributed by atoms with Crippen molar-refractivity contribution in [3.05, 3.63) is 111 Å². The smallest absolute Gasteiger partial charge is 0.0502 e. The Balaban J connectivity index is 1.64. The van der Waals surface area contributed by atoms with Gasteiger partial charge in [0, 0.05) is 20.0 Å². The van der Waals surface area contributed by atoms with E-state index in [-0.39, 0.29) is 5.41 Å². The molecule has 0 saturated heterocycles. The van der Waals surface area contributed by atoms with Gasteiger partial charge in [0.05, 0.1) is 11.4 Å². The van der Waals surface area contributed by atoms with E-state index in [0.717, 1.165) is 8.95 Å². The predicted molar refractivity (Wildman–Crippen MR) is 134 cm³/mol. The van der Waals surface area contributed by atoms with E-state index in [1.54, 1.807) is 0 Å². The summed E-state index contributed by atoms with van der Waals surface area (Å²) in [6, 6.07) is 32.7. The number of halogens is 2. The molecule has 3 heteroatoms. The summed E-state index contributed by atoms with van der Waals surface area (Å²) in [5, 5.41) is 0. The average Bonchev–Trinajstić information content (AvgIpc) is 2.74. The van der Waals surface area contributed by atoms with Crippen LogP contribution in [0.25, 0.3) is 11.1 Å². The zero-order valence-corrected chi connectivity index (χ0v) is 20.0. The highest BCUT2D eigenvalue weighted by Crippen LogP contribution is 2.51. The molecule has 0 saturated carbocycles. The van der Waals surface area contributed by atoms with Crippen LogP contribution in [0, 0.1) is 0 Å². The van der Waals surface area contributed by atoms with Gasteiger partial charge in [0.25, 0.3) is 0 Å². The molecule has 4 aromatic carbocycles. The maximum atomic E-state index is 3.60. The van der Waals surface area contributed by atoms with Crippen molar-refractivity contribution in [2.75, 3.05) is 4.90 Å². The molecule has 1 aliphatic rings. The Hall–Kier alpha value is -2.36. The largest absolute Gasteiger partial charge is 0.310 e. The minimum atomic E-state index is -0.0355. The Morgan fingerprint density at radius 3 is 1.63 bits per heavy atom. The molecular weight excluding hydrogens is 498 g/mol. The van der Waals surface area contributed by atoms with Crippen LogP contribution < -0.4 is 4.90 Å². The summed E-state index contributed by atoms with van der Waals surface area (Å²) >= 11 is 7.19.